The van der Waals surface area contributed by atoms with Crippen molar-refractivity contribution >= 4 is 28.5 Å². The first kappa shape index (κ1) is 15.3. The van der Waals surface area contributed by atoms with Gasteiger partial charge in [-0.15, -0.1) is 0 Å². The number of aromatic amines is 1. The molecule has 1 fully saturated rings. The number of carbonyl (C=O) groups excluding carboxylic acids is 2. The van der Waals surface area contributed by atoms with Crippen molar-refractivity contribution in [3.8, 4) is 0 Å². The van der Waals surface area contributed by atoms with E-state index in [2.05, 4.69) is 20.7 Å². The number of fused-ring (bicyclic) bond motifs is 1. The van der Waals surface area contributed by atoms with Crippen LogP contribution in [0, 0.1) is 0 Å². The van der Waals surface area contributed by atoms with E-state index in [1.807, 2.05) is 4.90 Å². The predicted octanol–water partition coefficient (Wildman–Crippen LogP) is 2.45. The summed E-state index contributed by atoms with van der Waals surface area (Å²) in [7, 11) is 0. The van der Waals surface area contributed by atoms with Crippen LogP contribution in [0.4, 0.5) is 5.69 Å². The van der Waals surface area contributed by atoms with Crippen LogP contribution in [0.2, 0.25) is 0 Å². The molecule has 1 aromatic heterocycles. The van der Waals surface area contributed by atoms with E-state index >= 15 is 0 Å². The maximum absolute atomic E-state index is 12.6. The molecule has 2 N–H and O–H groups in total. The lowest BCUT2D eigenvalue weighted by molar-refractivity contribution is 0.0792. The van der Waals surface area contributed by atoms with Gasteiger partial charge in [0.25, 0.3) is 11.8 Å². The van der Waals surface area contributed by atoms with Crippen molar-refractivity contribution in [3.63, 3.8) is 0 Å². The van der Waals surface area contributed by atoms with E-state index in [1.54, 1.807) is 42.5 Å². The molecule has 1 saturated heterocycles. The average molecular weight is 335 g/mol. The second-order valence-electron chi connectivity index (χ2n) is 6.03. The number of rotatable bonds is 3. The van der Waals surface area contributed by atoms with Gasteiger partial charge in [-0.3, -0.25) is 9.59 Å². The van der Waals surface area contributed by atoms with Gasteiger partial charge in [0.15, 0.2) is 0 Å². The number of amides is 2. The fraction of sp³-hybridized carbons (Fsp3) is 0.222. The molecular formula is C18H17N5O2. The molecule has 0 bridgehead atoms. The van der Waals surface area contributed by atoms with Gasteiger partial charge in [-0.1, -0.05) is 12.1 Å². The van der Waals surface area contributed by atoms with Gasteiger partial charge in [-0.05, 0) is 43.2 Å². The number of likely N-dealkylation sites (tertiary alicyclic amines) is 1. The summed E-state index contributed by atoms with van der Waals surface area (Å²) in [5.41, 5.74) is 2.74. The Hall–Kier alpha value is -3.22. The number of carbonyl (C=O) groups is 2. The van der Waals surface area contributed by atoms with E-state index in [0.29, 0.717) is 27.8 Å². The molecule has 7 heteroatoms. The Morgan fingerprint density at radius 1 is 1.04 bits per heavy atom. The van der Waals surface area contributed by atoms with Gasteiger partial charge in [0.2, 0.25) is 0 Å². The van der Waals surface area contributed by atoms with Crippen LogP contribution in [0.15, 0.2) is 42.5 Å². The Balaban J connectivity index is 1.56. The monoisotopic (exact) mass is 335 g/mol. The SMILES string of the molecule is O=C(Nc1cccc(C(=O)N2CCCC2)c1)c1cccc2n[nH]nc12. The maximum atomic E-state index is 12.6. The molecular weight excluding hydrogens is 318 g/mol. The molecule has 4 rings (SSSR count). The topological polar surface area (TPSA) is 91.0 Å². The van der Waals surface area contributed by atoms with E-state index in [-0.39, 0.29) is 11.8 Å². The van der Waals surface area contributed by atoms with Gasteiger partial charge >= 0.3 is 0 Å². The van der Waals surface area contributed by atoms with E-state index in [4.69, 9.17) is 0 Å². The van der Waals surface area contributed by atoms with Gasteiger partial charge in [-0.25, -0.2) is 0 Å². The third-order valence-corrected chi connectivity index (χ3v) is 4.35. The quantitative estimate of drug-likeness (QED) is 0.769. The molecule has 126 valence electrons. The van der Waals surface area contributed by atoms with Crippen molar-refractivity contribution in [2.45, 2.75) is 12.8 Å². The number of hydrogen-bond donors (Lipinski definition) is 2. The number of hydrogen-bond acceptors (Lipinski definition) is 4. The molecule has 0 saturated carbocycles. The molecule has 0 unspecified atom stereocenters. The molecule has 2 aromatic carbocycles. The van der Waals surface area contributed by atoms with Gasteiger partial charge in [0.1, 0.15) is 11.0 Å². The summed E-state index contributed by atoms with van der Waals surface area (Å²) in [6.45, 7) is 1.59. The molecule has 0 radical (unpaired) electrons. The van der Waals surface area contributed by atoms with Crippen molar-refractivity contribution < 1.29 is 9.59 Å². The van der Waals surface area contributed by atoms with Crippen LogP contribution >= 0.6 is 0 Å². The number of benzene rings is 2. The van der Waals surface area contributed by atoms with Crippen molar-refractivity contribution in [3.05, 3.63) is 53.6 Å². The highest BCUT2D eigenvalue weighted by molar-refractivity contribution is 6.11. The molecule has 2 heterocycles. The largest absolute Gasteiger partial charge is 0.339 e. The van der Waals surface area contributed by atoms with Crippen molar-refractivity contribution in [1.29, 1.82) is 0 Å². The standard InChI is InChI=1S/C18H17N5O2/c24-17(14-7-4-8-15-16(14)21-22-20-15)19-13-6-3-5-12(11-13)18(25)23-9-1-2-10-23/h3-8,11H,1-2,9-10H2,(H,19,24)(H,20,21,22). The van der Waals surface area contributed by atoms with E-state index in [0.717, 1.165) is 25.9 Å². The Labute approximate surface area is 144 Å². The van der Waals surface area contributed by atoms with Crippen LogP contribution in [-0.2, 0) is 0 Å². The molecule has 7 nitrogen and oxygen atoms in total. The minimum Gasteiger partial charge on any atom is -0.339 e. The third-order valence-electron chi connectivity index (χ3n) is 4.35. The first-order chi connectivity index (χ1) is 12.2. The van der Waals surface area contributed by atoms with Crippen LogP contribution in [0.25, 0.3) is 11.0 Å². The van der Waals surface area contributed by atoms with Crippen molar-refractivity contribution in [2.75, 3.05) is 18.4 Å². The highest BCUT2D eigenvalue weighted by atomic mass is 16.2. The van der Waals surface area contributed by atoms with Crippen LogP contribution in [0.3, 0.4) is 0 Å². The normalized spacial score (nSPS) is 14.0. The Kier molecular flexibility index (Phi) is 3.89. The molecule has 0 aliphatic carbocycles. The average Bonchev–Trinajstić information content (AvgIpc) is 3.32. The van der Waals surface area contributed by atoms with E-state index < -0.39 is 0 Å². The fourth-order valence-corrected chi connectivity index (χ4v) is 3.08. The van der Waals surface area contributed by atoms with Crippen molar-refractivity contribution in [1.82, 2.24) is 20.3 Å². The summed E-state index contributed by atoms with van der Waals surface area (Å²) in [5.74, 6) is -0.280. The first-order valence-electron chi connectivity index (χ1n) is 8.22. The molecule has 25 heavy (non-hydrogen) atoms. The van der Waals surface area contributed by atoms with Crippen LogP contribution in [0.1, 0.15) is 33.6 Å². The number of anilines is 1. The molecule has 2 amide bonds. The zero-order valence-electron chi connectivity index (χ0n) is 13.5. The molecule has 1 aliphatic rings. The summed E-state index contributed by atoms with van der Waals surface area (Å²) in [6, 6.07) is 12.3. The van der Waals surface area contributed by atoms with Crippen molar-refractivity contribution in [2.24, 2.45) is 0 Å². The van der Waals surface area contributed by atoms with Crippen LogP contribution < -0.4 is 5.32 Å². The highest BCUT2D eigenvalue weighted by Gasteiger charge is 2.20. The van der Waals surface area contributed by atoms with Gasteiger partial charge in [-0.2, -0.15) is 15.4 Å². The molecule has 3 aromatic rings. The summed E-state index contributed by atoms with van der Waals surface area (Å²) in [5, 5.41) is 13.4. The van der Waals surface area contributed by atoms with Crippen LogP contribution in [-0.4, -0.2) is 45.2 Å². The first-order valence-corrected chi connectivity index (χ1v) is 8.22. The third kappa shape index (κ3) is 2.96. The minimum atomic E-state index is -0.287. The van der Waals surface area contributed by atoms with Crippen LogP contribution in [0.5, 0.6) is 0 Å². The smallest absolute Gasteiger partial charge is 0.258 e. The number of para-hydroxylation sites is 1. The summed E-state index contributed by atoms with van der Waals surface area (Å²) in [6.07, 6.45) is 2.09. The Morgan fingerprint density at radius 3 is 2.68 bits per heavy atom. The summed E-state index contributed by atoms with van der Waals surface area (Å²) >= 11 is 0. The summed E-state index contributed by atoms with van der Waals surface area (Å²) < 4.78 is 0. The van der Waals surface area contributed by atoms with Gasteiger partial charge in [0, 0.05) is 24.3 Å². The maximum Gasteiger partial charge on any atom is 0.258 e. The Morgan fingerprint density at radius 2 is 1.84 bits per heavy atom. The highest BCUT2D eigenvalue weighted by Crippen LogP contribution is 2.19. The lowest BCUT2D eigenvalue weighted by Crippen LogP contribution is -2.27. The lowest BCUT2D eigenvalue weighted by atomic mass is 10.1. The van der Waals surface area contributed by atoms with Gasteiger partial charge < -0.3 is 10.2 Å². The minimum absolute atomic E-state index is 0.00667. The number of nitrogens with zero attached hydrogens (tertiary/aromatic N) is 3. The van der Waals surface area contributed by atoms with Gasteiger partial charge in [0.05, 0.1) is 5.56 Å². The zero-order valence-corrected chi connectivity index (χ0v) is 13.5. The Bertz CT molecular complexity index is 943. The number of nitrogens with one attached hydrogen (secondary N) is 2. The molecule has 0 spiro atoms. The summed E-state index contributed by atoms with van der Waals surface area (Å²) in [4.78, 5) is 26.9. The number of aromatic nitrogens is 3. The van der Waals surface area contributed by atoms with E-state index in [9.17, 15) is 9.59 Å². The molecule has 0 atom stereocenters. The number of H-pyrrole nitrogens is 1. The zero-order chi connectivity index (χ0) is 17.2. The van der Waals surface area contributed by atoms with E-state index in [1.165, 1.54) is 0 Å². The fourth-order valence-electron chi connectivity index (χ4n) is 3.08. The molecule has 1 aliphatic heterocycles. The predicted molar refractivity (Wildman–Crippen MR) is 93.4 cm³/mol. The lowest BCUT2D eigenvalue weighted by Gasteiger charge is -2.15. The second kappa shape index (κ2) is 6.35. The second-order valence-corrected chi connectivity index (χ2v) is 6.03.